The van der Waals surface area contributed by atoms with Gasteiger partial charge in [0.2, 0.25) is 5.91 Å². The standard InChI is InChI=1S/C20H14ClN3O4S/c21-13-4-1-11(2-5-13)16(25)7-8-18(26)24-19-22-15(10-29-19)12-3-6-14-17(9-12)28-20(27)23-14/h1-6,9-10H,7-8H2,(H,23,27)(H,22,24,26). The first-order valence-electron chi connectivity index (χ1n) is 8.65. The second kappa shape index (κ2) is 8.02. The summed E-state index contributed by atoms with van der Waals surface area (Å²) in [5.74, 6) is -0.935. The first kappa shape index (κ1) is 19.1. The van der Waals surface area contributed by atoms with Gasteiger partial charge in [-0.2, -0.15) is 0 Å². The first-order chi connectivity index (χ1) is 14.0. The van der Waals surface area contributed by atoms with Crippen LogP contribution in [0.5, 0.6) is 0 Å². The summed E-state index contributed by atoms with van der Waals surface area (Å²) in [5.41, 5.74) is 2.97. The van der Waals surface area contributed by atoms with E-state index in [0.717, 1.165) is 5.56 Å². The molecule has 0 saturated carbocycles. The van der Waals surface area contributed by atoms with Gasteiger partial charge in [-0.1, -0.05) is 17.7 Å². The van der Waals surface area contributed by atoms with Gasteiger partial charge in [-0.05, 0) is 36.4 Å². The molecule has 2 aromatic heterocycles. The number of hydrogen-bond donors (Lipinski definition) is 2. The van der Waals surface area contributed by atoms with Crippen molar-refractivity contribution in [2.24, 2.45) is 0 Å². The van der Waals surface area contributed by atoms with Crippen LogP contribution in [-0.2, 0) is 4.79 Å². The van der Waals surface area contributed by atoms with Crippen molar-refractivity contribution in [3.63, 3.8) is 0 Å². The molecule has 1 amide bonds. The SMILES string of the molecule is O=C(CCC(=O)c1ccc(Cl)cc1)Nc1nc(-c2ccc3[nH]c(=O)oc3c2)cs1. The molecule has 7 nitrogen and oxygen atoms in total. The molecule has 4 aromatic rings. The molecule has 2 heterocycles. The summed E-state index contributed by atoms with van der Waals surface area (Å²) in [5, 5.41) is 5.48. The van der Waals surface area contributed by atoms with Gasteiger partial charge in [0, 0.05) is 34.4 Å². The summed E-state index contributed by atoms with van der Waals surface area (Å²) in [6.45, 7) is 0. The fourth-order valence-electron chi connectivity index (χ4n) is 2.76. The summed E-state index contributed by atoms with van der Waals surface area (Å²) in [7, 11) is 0. The predicted molar refractivity (Wildman–Crippen MR) is 112 cm³/mol. The Hall–Kier alpha value is -3.23. The Morgan fingerprint density at radius 2 is 1.93 bits per heavy atom. The number of oxazole rings is 1. The Morgan fingerprint density at radius 3 is 2.72 bits per heavy atom. The fraction of sp³-hybridized carbons (Fsp3) is 0.100. The number of Topliss-reactive ketones (excluding diaryl/α,β-unsaturated/α-hetero) is 1. The van der Waals surface area contributed by atoms with Gasteiger partial charge in [-0.3, -0.25) is 14.6 Å². The second-order valence-corrected chi connectivity index (χ2v) is 7.54. The molecule has 0 atom stereocenters. The highest BCUT2D eigenvalue weighted by atomic mass is 35.5. The van der Waals surface area contributed by atoms with Crippen molar-refractivity contribution in [2.75, 3.05) is 5.32 Å². The molecule has 29 heavy (non-hydrogen) atoms. The maximum atomic E-state index is 12.2. The summed E-state index contributed by atoms with van der Waals surface area (Å²) in [4.78, 5) is 42.5. The largest absolute Gasteiger partial charge is 0.417 e. The lowest BCUT2D eigenvalue weighted by Crippen LogP contribution is -2.13. The summed E-state index contributed by atoms with van der Waals surface area (Å²) < 4.78 is 5.05. The Labute approximate surface area is 173 Å². The topological polar surface area (TPSA) is 105 Å². The number of carbonyl (C=O) groups excluding carboxylic acids is 2. The third-order valence-corrected chi connectivity index (χ3v) is 5.22. The highest BCUT2D eigenvalue weighted by Crippen LogP contribution is 2.27. The van der Waals surface area contributed by atoms with Gasteiger partial charge in [0.15, 0.2) is 16.5 Å². The minimum absolute atomic E-state index is 0.0524. The maximum Gasteiger partial charge on any atom is 0.417 e. The Balaban J connectivity index is 1.37. The van der Waals surface area contributed by atoms with Crippen LogP contribution in [0.2, 0.25) is 5.02 Å². The summed E-state index contributed by atoms with van der Waals surface area (Å²) in [6, 6.07) is 11.8. The number of rotatable bonds is 6. The smallest absolute Gasteiger partial charge is 0.408 e. The lowest BCUT2D eigenvalue weighted by Gasteiger charge is -2.02. The van der Waals surface area contributed by atoms with Gasteiger partial charge < -0.3 is 9.73 Å². The molecule has 4 rings (SSSR count). The number of anilines is 1. The number of ketones is 1. The van der Waals surface area contributed by atoms with Gasteiger partial charge in [0.05, 0.1) is 11.2 Å². The van der Waals surface area contributed by atoms with Crippen molar-refractivity contribution in [3.8, 4) is 11.3 Å². The number of nitrogens with zero attached hydrogens (tertiary/aromatic N) is 1. The molecule has 2 N–H and O–H groups in total. The normalized spacial score (nSPS) is 10.9. The molecule has 0 aliphatic carbocycles. The monoisotopic (exact) mass is 427 g/mol. The molecular formula is C20H14ClN3O4S. The van der Waals surface area contributed by atoms with Gasteiger partial charge in [0.25, 0.3) is 0 Å². The molecule has 0 aliphatic rings. The van der Waals surface area contributed by atoms with Crippen LogP contribution < -0.4 is 11.1 Å². The van der Waals surface area contributed by atoms with E-state index in [1.54, 1.807) is 47.8 Å². The molecule has 0 fully saturated rings. The van der Waals surface area contributed by atoms with E-state index in [2.05, 4.69) is 15.3 Å². The average molecular weight is 428 g/mol. The molecule has 0 unspecified atom stereocenters. The van der Waals surface area contributed by atoms with Gasteiger partial charge >= 0.3 is 5.76 Å². The van der Waals surface area contributed by atoms with Crippen LogP contribution in [0.3, 0.4) is 0 Å². The quantitative estimate of drug-likeness (QED) is 0.441. The number of H-pyrrole nitrogens is 1. The van der Waals surface area contributed by atoms with E-state index in [1.807, 2.05) is 0 Å². The Morgan fingerprint density at radius 1 is 1.14 bits per heavy atom. The van der Waals surface area contributed by atoms with E-state index in [0.29, 0.717) is 32.5 Å². The minimum Gasteiger partial charge on any atom is -0.408 e. The zero-order valence-electron chi connectivity index (χ0n) is 14.9. The first-order valence-corrected chi connectivity index (χ1v) is 9.91. The van der Waals surface area contributed by atoms with E-state index < -0.39 is 5.76 Å². The average Bonchev–Trinajstić information content (AvgIpc) is 3.31. The van der Waals surface area contributed by atoms with Crippen molar-refractivity contribution in [1.82, 2.24) is 9.97 Å². The van der Waals surface area contributed by atoms with Gasteiger partial charge in [0.1, 0.15) is 0 Å². The van der Waals surface area contributed by atoms with Crippen molar-refractivity contribution in [2.45, 2.75) is 12.8 Å². The highest BCUT2D eigenvalue weighted by Gasteiger charge is 2.12. The molecule has 9 heteroatoms. The van der Waals surface area contributed by atoms with E-state index >= 15 is 0 Å². The fourth-order valence-corrected chi connectivity index (χ4v) is 3.62. The van der Waals surface area contributed by atoms with Crippen LogP contribution in [0.15, 0.2) is 57.1 Å². The number of halogens is 1. The third-order valence-electron chi connectivity index (χ3n) is 4.21. The van der Waals surface area contributed by atoms with Crippen molar-refractivity contribution >= 4 is 50.9 Å². The number of carbonyl (C=O) groups is 2. The molecule has 0 radical (unpaired) electrons. The van der Waals surface area contributed by atoms with Gasteiger partial charge in [-0.25, -0.2) is 9.78 Å². The van der Waals surface area contributed by atoms with Crippen molar-refractivity contribution in [1.29, 1.82) is 0 Å². The van der Waals surface area contributed by atoms with E-state index in [9.17, 15) is 14.4 Å². The maximum absolute atomic E-state index is 12.2. The Bertz CT molecular complexity index is 1260. The van der Waals surface area contributed by atoms with Crippen molar-refractivity contribution < 1.29 is 14.0 Å². The molecule has 0 bridgehead atoms. The molecule has 0 spiro atoms. The highest BCUT2D eigenvalue weighted by molar-refractivity contribution is 7.14. The number of benzene rings is 2. The lowest BCUT2D eigenvalue weighted by atomic mass is 10.1. The van der Waals surface area contributed by atoms with Crippen molar-refractivity contribution in [3.05, 3.63) is 69.0 Å². The number of hydrogen-bond acceptors (Lipinski definition) is 6. The number of fused-ring (bicyclic) bond motifs is 1. The predicted octanol–water partition coefficient (Wildman–Crippen LogP) is 4.50. The summed E-state index contributed by atoms with van der Waals surface area (Å²) >= 11 is 7.08. The second-order valence-electron chi connectivity index (χ2n) is 6.24. The zero-order valence-corrected chi connectivity index (χ0v) is 16.5. The van der Waals surface area contributed by atoms with Crippen LogP contribution in [-0.4, -0.2) is 21.7 Å². The van der Waals surface area contributed by atoms with Crippen LogP contribution in [0.4, 0.5) is 5.13 Å². The number of aromatic amines is 1. The van der Waals surface area contributed by atoms with Crippen LogP contribution >= 0.6 is 22.9 Å². The molecule has 0 saturated heterocycles. The Kier molecular flexibility index (Phi) is 5.28. The van der Waals surface area contributed by atoms with E-state index in [-0.39, 0.29) is 24.5 Å². The zero-order chi connectivity index (χ0) is 20.4. The molecule has 0 aliphatic heterocycles. The van der Waals surface area contributed by atoms with E-state index in [4.69, 9.17) is 16.0 Å². The summed E-state index contributed by atoms with van der Waals surface area (Å²) in [6.07, 6.45) is 0.145. The minimum atomic E-state index is -0.517. The molecular weight excluding hydrogens is 414 g/mol. The lowest BCUT2D eigenvalue weighted by molar-refractivity contribution is -0.116. The molecule has 2 aromatic carbocycles. The van der Waals surface area contributed by atoms with Crippen LogP contribution in [0.1, 0.15) is 23.2 Å². The van der Waals surface area contributed by atoms with E-state index in [1.165, 1.54) is 11.3 Å². The number of aromatic nitrogens is 2. The number of thiazole rings is 1. The molecule has 146 valence electrons. The van der Waals surface area contributed by atoms with Crippen LogP contribution in [0, 0.1) is 0 Å². The van der Waals surface area contributed by atoms with Gasteiger partial charge in [-0.15, -0.1) is 11.3 Å². The third kappa shape index (κ3) is 4.44. The van der Waals surface area contributed by atoms with Crippen LogP contribution in [0.25, 0.3) is 22.4 Å². The number of nitrogens with one attached hydrogen (secondary N) is 2. The number of amides is 1.